The molecule has 0 bridgehead atoms. The third-order valence-corrected chi connectivity index (χ3v) is 2.79. The van der Waals surface area contributed by atoms with Crippen molar-refractivity contribution in [3.05, 3.63) is 40.5 Å². The van der Waals surface area contributed by atoms with Crippen molar-refractivity contribution in [1.29, 1.82) is 0 Å². The lowest BCUT2D eigenvalue weighted by atomic mass is 10.1. The molecular formula is C14H21N. The van der Waals surface area contributed by atoms with E-state index in [0.29, 0.717) is 0 Å². The van der Waals surface area contributed by atoms with Crippen LogP contribution in [0, 0.1) is 13.8 Å². The van der Waals surface area contributed by atoms with Gasteiger partial charge in [-0.3, -0.25) is 0 Å². The first-order chi connectivity index (χ1) is 7.00. The average Bonchev–Trinajstić information content (AvgIpc) is 2.18. The second-order valence-electron chi connectivity index (χ2n) is 4.45. The summed E-state index contributed by atoms with van der Waals surface area (Å²) in [4.78, 5) is 0. The van der Waals surface area contributed by atoms with Gasteiger partial charge in [-0.2, -0.15) is 0 Å². The Hall–Kier alpha value is -1.24. The summed E-state index contributed by atoms with van der Waals surface area (Å²) in [5, 5.41) is 3.48. The normalized spacial score (nSPS) is 9.93. The minimum Gasteiger partial charge on any atom is -0.381 e. The summed E-state index contributed by atoms with van der Waals surface area (Å²) >= 11 is 0. The van der Waals surface area contributed by atoms with E-state index in [0.717, 1.165) is 6.54 Å². The number of allylic oxidation sites excluding steroid dienone is 1. The van der Waals surface area contributed by atoms with Crippen LogP contribution in [-0.4, -0.2) is 6.54 Å². The molecule has 0 aliphatic heterocycles. The van der Waals surface area contributed by atoms with Gasteiger partial charge >= 0.3 is 0 Å². The molecule has 1 N–H and O–H groups in total. The van der Waals surface area contributed by atoms with Crippen molar-refractivity contribution < 1.29 is 0 Å². The Morgan fingerprint density at radius 2 is 1.80 bits per heavy atom. The van der Waals surface area contributed by atoms with Crippen molar-refractivity contribution in [2.24, 2.45) is 0 Å². The standard InChI is InChI=1S/C14H21N/c1-10(2)13(5)9-15-14-8-11(3)6-7-12(14)4/h6-8,15H,9H2,1-5H3. The van der Waals surface area contributed by atoms with E-state index in [1.54, 1.807) is 0 Å². The molecule has 1 rings (SSSR count). The second-order valence-corrected chi connectivity index (χ2v) is 4.45. The smallest absolute Gasteiger partial charge is 0.0375 e. The fraction of sp³-hybridized carbons (Fsp3) is 0.429. The second kappa shape index (κ2) is 5.01. The van der Waals surface area contributed by atoms with Crippen molar-refractivity contribution in [2.45, 2.75) is 34.6 Å². The van der Waals surface area contributed by atoms with Crippen molar-refractivity contribution in [3.8, 4) is 0 Å². The molecule has 0 radical (unpaired) electrons. The van der Waals surface area contributed by atoms with Crippen LogP contribution in [-0.2, 0) is 0 Å². The average molecular weight is 203 g/mol. The van der Waals surface area contributed by atoms with Crippen molar-refractivity contribution >= 4 is 5.69 Å². The first kappa shape index (κ1) is 11.8. The molecule has 0 amide bonds. The molecule has 0 unspecified atom stereocenters. The highest BCUT2D eigenvalue weighted by Gasteiger charge is 1.98. The van der Waals surface area contributed by atoms with Crippen molar-refractivity contribution in [1.82, 2.24) is 0 Å². The van der Waals surface area contributed by atoms with Crippen LogP contribution in [0.1, 0.15) is 31.9 Å². The van der Waals surface area contributed by atoms with E-state index in [2.05, 4.69) is 58.1 Å². The number of rotatable bonds is 3. The Labute approximate surface area is 93.2 Å². The van der Waals surface area contributed by atoms with E-state index in [1.807, 2.05) is 0 Å². The zero-order valence-electron chi connectivity index (χ0n) is 10.4. The van der Waals surface area contributed by atoms with Crippen LogP contribution in [0.3, 0.4) is 0 Å². The van der Waals surface area contributed by atoms with Gasteiger partial charge < -0.3 is 5.32 Å². The Morgan fingerprint density at radius 3 is 2.40 bits per heavy atom. The van der Waals surface area contributed by atoms with E-state index >= 15 is 0 Å². The number of aryl methyl sites for hydroxylation is 2. The lowest BCUT2D eigenvalue weighted by Gasteiger charge is -2.11. The van der Waals surface area contributed by atoms with Crippen molar-refractivity contribution in [3.63, 3.8) is 0 Å². The Bertz CT molecular complexity index is 371. The van der Waals surface area contributed by atoms with Crippen LogP contribution in [0.25, 0.3) is 0 Å². The molecule has 82 valence electrons. The molecule has 0 saturated carbocycles. The Morgan fingerprint density at radius 1 is 1.13 bits per heavy atom. The minimum atomic E-state index is 0.937. The van der Waals surface area contributed by atoms with Gasteiger partial charge in [-0.1, -0.05) is 23.3 Å². The van der Waals surface area contributed by atoms with Crippen LogP contribution in [0.15, 0.2) is 29.3 Å². The van der Waals surface area contributed by atoms with Gasteiger partial charge in [-0.25, -0.2) is 0 Å². The van der Waals surface area contributed by atoms with Gasteiger partial charge in [0.2, 0.25) is 0 Å². The zero-order valence-corrected chi connectivity index (χ0v) is 10.4. The molecule has 0 aliphatic carbocycles. The summed E-state index contributed by atoms with van der Waals surface area (Å²) < 4.78 is 0. The number of hydrogen-bond acceptors (Lipinski definition) is 1. The summed E-state index contributed by atoms with van der Waals surface area (Å²) in [7, 11) is 0. The van der Waals surface area contributed by atoms with Gasteiger partial charge in [0.1, 0.15) is 0 Å². The third kappa shape index (κ3) is 3.43. The van der Waals surface area contributed by atoms with Gasteiger partial charge in [-0.15, -0.1) is 0 Å². The molecule has 0 fully saturated rings. The quantitative estimate of drug-likeness (QED) is 0.730. The fourth-order valence-electron chi connectivity index (χ4n) is 1.33. The maximum atomic E-state index is 3.48. The monoisotopic (exact) mass is 203 g/mol. The summed E-state index contributed by atoms with van der Waals surface area (Å²) in [5.41, 5.74) is 6.67. The zero-order chi connectivity index (χ0) is 11.4. The van der Waals surface area contributed by atoms with Gasteiger partial charge in [0.15, 0.2) is 0 Å². The van der Waals surface area contributed by atoms with E-state index in [9.17, 15) is 0 Å². The molecule has 1 nitrogen and oxygen atoms in total. The van der Waals surface area contributed by atoms with E-state index < -0.39 is 0 Å². The van der Waals surface area contributed by atoms with Gasteiger partial charge in [0.25, 0.3) is 0 Å². The van der Waals surface area contributed by atoms with Crippen molar-refractivity contribution in [2.75, 3.05) is 11.9 Å². The maximum Gasteiger partial charge on any atom is 0.0375 e. The maximum absolute atomic E-state index is 3.48. The first-order valence-corrected chi connectivity index (χ1v) is 5.45. The van der Waals surface area contributed by atoms with E-state index in [-0.39, 0.29) is 0 Å². The molecule has 0 saturated heterocycles. The van der Waals surface area contributed by atoms with E-state index in [1.165, 1.54) is 28.0 Å². The molecule has 1 aromatic rings. The summed E-state index contributed by atoms with van der Waals surface area (Å²) in [6.07, 6.45) is 0. The number of hydrogen-bond donors (Lipinski definition) is 1. The molecule has 0 aliphatic rings. The minimum absolute atomic E-state index is 0.937. The predicted octanol–water partition coefficient (Wildman–Crippen LogP) is 4.07. The fourth-order valence-corrected chi connectivity index (χ4v) is 1.33. The van der Waals surface area contributed by atoms with Crippen LogP contribution in [0.4, 0.5) is 5.69 Å². The van der Waals surface area contributed by atoms with E-state index in [4.69, 9.17) is 0 Å². The predicted molar refractivity (Wildman–Crippen MR) is 68.5 cm³/mol. The van der Waals surface area contributed by atoms with Gasteiger partial charge in [0.05, 0.1) is 0 Å². The summed E-state index contributed by atoms with van der Waals surface area (Å²) in [6.45, 7) is 11.7. The number of nitrogens with one attached hydrogen (secondary N) is 1. The molecule has 0 aromatic heterocycles. The number of benzene rings is 1. The lowest BCUT2D eigenvalue weighted by Crippen LogP contribution is -2.05. The van der Waals surface area contributed by atoms with Crippen LogP contribution >= 0.6 is 0 Å². The molecule has 15 heavy (non-hydrogen) atoms. The van der Waals surface area contributed by atoms with Crippen LogP contribution in [0.2, 0.25) is 0 Å². The first-order valence-electron chi connectivity index (χ1n) is 5.45. The highest BCUT2D eigenvalue weighted by Crippen LogP contribution is 2.17. The molecule has 1 heteroatoms. The topological polar surface area (TPSA) is 12.0 Å². The number of anilines is 1. The van der Waals surface area contributed by atoms with Crippen LogP contribution < -0.4 is 5.32 Å². The molecule has 0 heterocycles. The third-order valence-electron chi connectivity index (χ3n) is 2.79. The Balaban J connectivity index is 2.73. The highest BCUT2D eigenvalue weighted by atomic mass is 14.9. The molecule has 1 aromatic carbocycles. The highest BCUT2D eigenvalue weighted by molar-refractivity contribution is 5.53. The summed E-state index contributed by atoms with van der Waals surface area (Å²) in [5.74, 6) is 0. The SMILES string of the molecule is CC(C)=C(C)CNc1cc(C)ccc1C. The molecule has 0 atom stereocenters. The molecular weight excluding hydrogens is 182 g/mol. The van der Waals surface area contributed by atoms with Crippen LogP contribution in [0.5, 0.6) is 0 Å². The summed E-state index contributed by atoms with van der Waals surface area (Å²) in [6, 6.07) is 6.51. The Kier molecular flexibility index (Phi) is 3.96. The van der Waals surface area contributed by atoms with Gasteiger partial charge in [-0.05, 0) is 51.8 Å². The molecule has 0 spiro atoms. The largest absolute Gasteiger partial charge is 0.381 e. The van der Waals surface area contributed by atoms with Gasteiger partial charge in [0, 0.05) is 12.2 Å². The lowest BCUT2D eigenvalue weighted by molar-refractivity contribution is 1.13.